The summed E-state index contributed by atoms with van der Waals surface area (Å²) in [5.41, 5.74) is 6.53. The highest BCUT2D eigenvalue weighted by Gasteiger charge is 2.34. The molecule has 1 aliphatic carbocycles. The van der Waals surface area contributed by atoms with Crippen LogP contribution in [0.15, 0.2) is 9.72 Å². The highest BCUT2D eigenvalue weighted by Crippen LogP contribution is 2.36. The molecule has 1 aromatic rings. The van der Waals surface area contributed by atoms with Crippen LogP contribution in [0.5, 0.6) is 0 Å². The third-order valence-electron chi connectivity index (χ3n) is 3.59. The van der Waals surface area contributed by atoms with Gasteiger partial charge in [0.2, 0.25) is 0 Å². The summed E-state index contributed by atoms with van der Waals surface area (Å²) in [6.45, 7) is 4.42. The average Bonchev–Trinajstić information content (AvgIpc) is 2.87. The lowest BCUT2D eigenvalue weighted by molar-refractivity contribution is -0.152. The van der Waals surface area contributed by atoms with E-state index in [2.05, 4.69) is 4.98 Å². The van der Waals surface area contributed by atoms with Gasteiger partial charge in [-0.2, -0.15) is 0 Å². The first kappa shape index (κ1) is 16.8. The highest BCUT2D eigenvalue weighted by atomic mass is 32.2. The van der Waals surface area contributed by atoms with Gasteiger partial charge in [-0.15, -0.1) is 11.3 Å². The molecule has 0 radical (unpaired) electrons. The fraction of sp³-hybridized carbons (Fsp3) is 0.733. The van der Waals surface area contributed by atoms with Gasteiger partial charge in [-0.1, -0.05) is 18.2 Å². The van der Waals surface area contributed by atoms with Crippen LogP contribution in [0, 0.1) is 0 Å². The van der Waals surface area contributed by atoms with Gasteiger partial charge >= 0.3 is 5.97 Å². The quantitative estimate of drug-likeness (QED) is 0.640. The lowest BCUT2D eigenvalue weighted by Crippen LogP contribution is -2.34. The summed E-state index contributed by atoms with van der Waals surface area (Å²) in [5.74, 6) is -0.130. The van der Waals surface area contributed by atoms with E-state index < -0.39 is 4.75 Å². The van der Waals surface area contributed by atoms with Crippen molar-refractivity contribution < 1.29 is 9.53 Å². The molecule has 1 aromatic heterocycles. The number of rotatable bonds is 6. The number of hydrogen-bond donors (Lipinski definition) is 1. The maximum Gasteiger partial charge on any atom is 0.322 e. The Morgan fingerprint density at radius 1 is 1.48 bits per heavy atom. The number of esters is 1. The Hall–Kier alpha value is -0.590. The van der Waals surface area contributed by atoms with Crippen LogP contribution in [-0.4, -0.2) is 28.3 Å². The number of thioether (sulfide) groups is 1. The Kier molecular flexibility index (Phi) is 6.08. The second-order valence-corrected chi connectivity index (χ2v) is 8.65. The summed E-state index contributed by atoms with van der Waals surface area (Å²) in [4.78, 5) is 16.9. The van der Waals surface area contributed by atoms with E-state index in [1.807, 2.05) is 19.2 Å². The monoisotopic (exact) mass is 328 g/mol. The van der Waals surface area contributed by atoms with Crippen LogP contribution in [0.4, 0.5) is 0 Å². The van der Waals surface area contributed by atoms with E-state index >= 15 is 0 Å². The van der Waals surface area contributed by atoms with Crippen LogP contribution < -0.4 is 5.73 Å². The van der Waals surface area contributed by atoms with E-state index in [0.29, 0.717) is 6.54 Å². The van der Waals surface area contributed by atoms with Crippen molar-refractivity contribution in [2.45, 2.75) is 67.6 Å². The Labute approximate surface area is 134 Å². The van der Waals surface area contributed by atoms with E-state index in [1.165, 1.54) is 31.0 Å². The van der Waals surface area contributed by atoms with E-state index in [9.17, 15) is 4.79 Å². The molecule has 0 unspecified atom stereocenters. The molecule has 118 valence electrons. The van der Waals surface area contributed by atoms with Crippen molar-refractivity contribution in [2.75, 3.05) is 6.54 Å². The molecule has 4 nitrogen and oxygen atoms in total. The third-order valence-corrected chi connectivity index (χ3v) is 5.76. The van der Waals surface area contributed by atoms with Gasteiger partial charge in [0.15, 0.2) is 4.34 Å². The van der Waals surface area contributed by atoms with Crippen LogP contribution >= 0.6 is 23.1 Å². The minimum absolute atomic E-state index is 0.107. The van der Waals surface area contributed by atoms with Gasteiger partial charge in [-0.05, 0) is 46.1 Å². The standard InChI is InChI=1S/C15H24N2O2S2/c1-15(2,13(18)19-12-6-4-3-5-7-12)21-14-17-11(8-9-16)10-20-14/h10,12H,3-9,16H2,1-2H3. The van der Waals surface area contributed by atoms with Gasteiger partial charge in [-0.25, -0.2) is 4.98 Å². The third kappa shape index (κ3) is 4.97. The molecule has 0 amide bonds. The molecule has 0 bridgehead atoms. The van der Waals surface area contributed by atoms with Crippen LogP contribution in [-0.2, 0) is 16.0 Å². The Bertz CT molecular complexity index is 468. The van der Waals surface area contributed by atoms with Crippen LogP contribution in [0.2, 0.25) is 0 Å². The summed E-state index contributed by atoms with van der Waals surface area (Å²) in [5, 5.41) is 2.01. The summed E-state index contributed by atoms with van der Waals surface area (Å²) in [7, 11) is 0. The fourth-order valence-corrected chi connectivity index (χ4v) is 4.60. The molecule has 0 aromatic carbocycles. The molecule has 1 saturated carbocycles. The molecule has 6 heteroatoms. The number of nitrogens with two attached hydrogens (primary N) is 1. The molecule has 1 fully saturated rings. The van der Waals surface area contributed by atoms with E-state index in [0.717, 1.165) is 29.3 Å². The van der Waals surface area contributed by atoms with E-state index in [4.69, 9.17) is 10.5 Å². The normalized spacial score (nSPS) is 16.9. The summed E-state index contributed by atoms with van der Waals surface area (Å²) in [6, 6.07) is 0. The molecule has 1 aliphatic rings. The summed E-state index contributed by atoms with van der Waals surface area (Å²) < 4.78 is 5.98. The van der Waals surface area contributed by atoms with Crippen molar-refractivity contribution in [1.29, 1.82) is 0 Å². The van der Waals surface area contributed by atoms with Crippen LogP contribution in [0.25, 0.3) is 0 Å². The van der Waals surface area contributed by atoms with Crippen molar-refractivity contribution in [1.82, 2.24) is 4.98 Å². The number of carbonyl (C=O) groups is 1. The molecule has 2 N–H and O–H groups in total. The molecular weight excluding hydrogens is 304 g/mol. The van der Waals surface area contributed by atoms with Gasteiger partial charge in [0.25, 0.3) is 0 Å². The van der Waals surface area contributed by atoms with E-state index in [1.54, 1.807) is 11.3 Å². The molecule has 0 spiro atoms. The highest BCUT2D eigenvalue weighted by molar-refractivity contribution is 8.03. The van der Waals surface area contributed by atoms with Gasteiger partial charge < -0.3 is 10.5 Å². The number of aromatic nitrogens is 1. The van der Waals surface area contributed by atoms with Gasteiger partial charge in [0, 0.05) is 11.8 Å². The van der Waals surface area contributed by atoms with Crippen molar-refractivity contribution in [3.8, 4) is 0 Å². The fourth-order valence-electron chi connectivity index (χ4n) is 2.33. The number of ether oxygens (including phenoxy) is 1. The zero-order valence-corrected chi connectivity index (χ0v) is 14.4. The van der Waals surface area contributed by atoms with Gasteiger partial charge in [0.1, 0.15) is 10.9 Å². The predicted molar refractivity (Wildman–Crippen MR) is 87.8 cm³/mol. The molecule has 0 saturated heterocycles. The second-order valence-electron chi connectivity index (χ2n) is 5.92. The van der Waals surface area contributed by atoms with Crippen molar-refractivity contribution in [3.63, 3.8) is 0 Å². The van der Waals surface area contributed by atoms with E-state index in [-0.39, 0.29) is 12.1 Å². The van der Waals surface area contributed by atoms with Gasteiger partial charge in [0.05, 0.1) is 5.69 Å². The SMILES string of the molecule is CC(C)(Sc1nc(CCN)cs1)C(=O)OC1CCCCC1. The first-order valence-corrected chi connectivity index (χ1v) is 9.25. The molecular formula is C15H24N2O2S2. The van der Waals surface area contributed by atoms with Crippen LogP contribution in [0.3, 0.4) is 0 Å². The first-order valence-electron chi connectivity index (χ1n) is 7.56. The zero-order chi connectivity index (χ0) is 15.3. The zero-order valence-electron chi connectivity index (χ0n) is 12.8. The summed E-state index contributed by atoms with van der Waals surface area (Å²) >= 11 is 3.05. The molecule has 21 heavy (non-hydrogen) atoms. The average molecular weight is 329 g/mol. The van der Waals surface area contributed by atoms with Gasteiger partial charge in [-0.3, -0.25) is 4.79 Å². The summed E-state index contributed by atoms with van der Waals surface area (Å²) in [6.07, 6.45) is 6.49. The molecule has 0 atom stereocenters. The molecule has 0 aliphatic heterocycles. The smallest absolute Gasteiger partial charge is 0.322 e. The Balaban J connectivity index is 1.90. The lowest BCUT2D eigenvalue weighted by Gasteiger charge is -2.27. The minimum Gasteiger partial charge on any atom is -0.461 e. The predicted octanol–water partition coefficient (Wildman–Crippen LogP) is 3.39. The first-order chi connectivity index (χ1) is 10.0. The van der Waals surface area contributed by atoms with Crippen molar-refractivity contribution in [3.05, 3.63) is 11.1 Å². The number of carbonyl (C=O) groups excluding carboxylic acids is 1. The second kappa shape index (κ2) is 7.61. The molecule has 2 rings (SSSR count). The Morgan fingerprint density at radius 2 is 2.19 bits per heavy atom. The maximum atomic E-state index is 12.4. The van der Waals surface area contributed by atoms with Crippen molar-refractivity contribution >= 4 is 29.1 Å². The topological polar surface area (TPSA) is 65.2 Å². The lowest BCUT2D eigenvalue weighted by atomic mass is 9.98. The van der Waals surface area contributed by atoms with Crippen LogP contribution in [0.1, 0.15) is 51.6 Å². The van der Waals surface area contributed by atoms with Crippen molar-refractivity contribution in [2.24, 2.45) is 5.73 Å². The minimum atomic E-state index is -0.602. The number of hydrogen-bond acceptors (Lipinski definition) is 6. The Morgan fingerprint density at radius 3 is 2.86 bits per heavy atom. The number of nitrogens with zero attached hydrogens (tertiary/aromatic N) is 1. The largest absolute Gasteiger partial charge is 0.461 e. The number of thiazole rings is 1. The molecule has 1 heterocycles. The maximum absolute atomic E-state index is 12.4.